The second-order valence-corrected chi connectivity index (χ2v) is 7.56. The molecule has 2 atom stereocenters. The monoisotopic (exact) mass is 436 g/mol. The third-order valence-corrected chi connectivity index (χ3v) is 5.29. The Bertz CT molecular complexity index is 994. The molecule has 1 N–H and O–H groups in total. The number of oxime groups is 1. The van der Waals surface area contributed by atoms with Gasteiger partial charge in [0.15, 0.2) is 5.75 Å². The van der Waals surface area contributed by atoms with Crippen LogP contribution >= 0.6 is 0 Å². The quantitative estimate of drug-likeness (QED) is 0.547. The summed E-state index contributed by atoms with van der Waals surface area (Å²) in [6.07, 6.45) is -2.62. The van der Waals surface area contributed by atoms with Gasteiger partial charge in [0.05, 0.1) is 17.0 Å². The number of nitrogens with zero attached hydrogens (tertiary/aromatic N) is 4. The molecule has 1 amide bonds. The molecule has 1 aromatic carbocycles. The summed E-state index contributed by atoms with van der Waals surface area (Å²) in [5.41, 5.74) is 0.953. The highest BCUT2D eigenvalue weighted by Crippen LogP contribution is 2.33. The van der Waals surface area contributed by atoms with Gasteiger partial charge in [-0.1, -0.05) is 11.2 Å². The van der Waals surface area contributed by atoms with Crippen molar-refractivity contribution in [1.82, 2.24) is 14.9 Å². The minimum Gasteiger partial charge on any atom is -0.465 e. The van der Waals surface area contributed by atoms with Crippen molar-refractivity contribution in [2.45, 2.75) is 51.7 Å². The van der Waals surface area contributed by atoms with Crippen LogP contribution in [0, 0.1) is 6.92 Å². The molecular formula is C21H23F3N4O3. The number of hydrogen-bond donors (Lipinski definition) is 1. The lowest BCUT2D eigenvalue weighted by molar-refractivity contribution is -0.137. The predicted molar refractivity (Wildman–Crippen MR) is 107 cm³/mol. The smallest absolute Gasteiger partial charge is 0.416 e. The number of rotatable bonds is 4. The molecular weight excluding hydrogens is 413 g/mol. The summed E-state index contributed by atoms with van der Waals surface area (Å²) >= 11 is 0. The van der Waals surface area contributed by atoms with Gasteiger partial charge in [-0.3, -0.25) is 0 Å². The van der Waals surface area contributed by atoms with Crippen LogP contribution < -0.4 is 4.84 Å². The lowest BCUT2D eigenvalue weighted by Gasteiger charge is -2.36. The first-order valence-corrected chi connectivity index (χ1v) is 9.78. The molecule has 166 valence electrons. The number of amides is 1. The molecule has 0 radical (unpaired) electrons. The van der Waals surface area contributed by atoms with Crippen LogP contribution in [0.15, 0.2) is 35.6 Å². The molecule has 1 aliphatic rings. The lowest BCUT2D eigenvalue weighted by atomic mass is 9.86. The first kappa shape index (κ1) is 22.5. The first-order valence-electron chi connectivity index (χ1n) is 9.78. The van der Waals surface area contributed by atoms with Crippen LogP contribution in [0.5, 0.6) is 5.75 Å². The summed E-state index contributed by atoms with van der Waals surface area (Å²) in [7, 11) is 0. The van der Waals surface area contributed by atoms with Crippen LogP contribution in [-0.2, 0) is 6.18 Å². The van der Waals surface area contributed by atoms with E-state index in [0.717, 1.165) is 17.8 Å². The van der Waals surface area contributed by atoms with Gasteiger partial charge in [-0.05, 0) is 51.8 Å². The van der Waals surface area contributed by atoms with Crippen LogP contribution in [0.25, 0.3) is 0 Å². The number of aryl methyl sites for hydroxylation is 1. The third-order valence-electron chi connectivity index (χ3n) is 5.29. The maximum Gasteiger partial charge on any atom is 0.416 e. The van der Waals surface area contributed by atoms with Gasteiger partial charge in [0.2, 0.25) is 0 Å². The Morgan fingerprint density at radius 3 is 2.74 bits per heavy atom. The van der Waals surface area contributed by atoms with Crippen molar-refractivity contribution >= 4 is 11.8 Å². The molecule has 31 heavy (non-hydrogen) atoms. The average Bonchev–Trinajstić information content (AvgIpc) is 2.71. The number of carbonyl (C=O) groups is 1. The van der Waals surface area contributed by atoms with Crippen LogP contribution in [-0.4, -0.2) is 44.4 Å². The number of piperidine rings is 1. The van der Waals surface area contributed by atoms with Crippen LogP contribution in [0.2, 0.25) is 0 Å². The molecule has 0 saturated carbocycles. The van der Waals surface area contributed by atoms with E-state index in [1.807, 2.05) is 6.92 Å². The summed E-state index contributed by atoms with van der Waals surface area (Å²) in [6, 6.07) is 4.31. The van der Waals surface area contributed by atoms with Crippen molar-refractivity contribution in [3.8, 4) is 5.75 Å². The highest BCUT2D eigenvalue weighted by atomic mass is 19.4. The summed E-state index contributed by atoms with van der Waals surface area (Å²) < 4.78 is 38.7. The third kappa shape index (κ3) is 5.31. The summed E-state index contributed by atoms with van der Waals surface area (Å²) in [5, 5.41) is 13.3. The highest BCUT2D eigenvalue weighted by molar-refractivity contribution is 5.99. The van der Waals surface area contributed by atoms with Gasteiger partial charge in [0, 0.05) is 30.3 Å². The zero-order chi connectivity index (χ0) is 22.8. The molecule has 2 heterocycles. The minimum atomic E-state index is -4.47. The lowest BCUT2D eigenvalue weighted by Crippen LogP contribution is -2.43. The Morgan fingerprint density at radius 1 is 1.35 bits per heavy atom. The van der Waals surface area contributed by atoms with Crippen LogP contribution in [0.4, 0.5) is 18.0 Å². The number of aromatic nitrogens is 2. The van der Waals surface area contributed by atoms with E-state index in [-0.39, 0.29) is 17.7 Å². The Balaban J connectivity index is 1.84. The van der Waals surface area contributed by atoms with Crippen LogP contribution in [0.1, 0.15) is 55.3 Å². The SMILES string of the molecule is C/C(=N/Oc1cccc(C(F)(F)F)c1)c1cnc(C)nc1C1CCN(C(=O)O)C(C)C1. The molecule has 2 unspecified atom stereocenters. The van der Waals surface area contributed by atoms with Gasteiger partial charge in [-0.15, -0.1) is 0 Å². The van der Waals surface area contributed by atoms with E-state index in [2.05, 4.69) is 15.1 Å². The number of alkyl halides is 3. The fourth-order valence-electron chi connectivity index (χ4n) is 3.68. The fourth-order valence-corrected chi connectivity index (χ4v) is 3.68. The molecule has 1 fully saturated rings. The number of hydrogen-bond acceptors (Lipinski definition) is 5. The van der Waals surface area contributed by atoms with E-state index in [1.165, 1.54) is 17.0 Å². The minimum absolute atomic E-state index is 0.000933. The van der Waals surface area contributed by atoms with Crippen molar-refractivity contribution < 1.29 is 27.9 Å². The van der Waals surface area contributed by atoms with Gasteiger partial charge >= 0.3 is 12.3 Å². The largest absolute Gasteiger partial charge is 0.465 e. The molecule has 3 rings (SSSR count). The number of halogens is 3. The standard InChI is InChI=1S/C21H23F3N4O3/c1-12-9-15(7-8-28(12)20(29)30)19-18(11-25-14(3)26-19)13(2)27-31-17-6-4-5-16(10-17)21(22,23)24/h4-6,10-12,15H,7-9H2,1-3H3,(H,29,30)/b27-13-. The summed E-state index contributed by atoms with van der Waals surface area (Å²) in [5.74, 6) is 0.534. The zero-order valence-corrected chi connectivity index (χ0v) is 17.3. The van der Waals surface area contributed by atoms with Gasteiger partial charge in [-0.25, -0.2) is 14.8 Å². The number of benzene rings is 1. The second-order valence-electron chi connectivity index (χ2n) is 7.56. The Labute approximate surface area is 177 Å². The molecule has 0 aliphatic carbocycles. The van der Waals surface area contributed by atoms with E-state index in [4.69, 9.17) is 4.84 Å². The number of carboxylic acid groups (broad SMARTS) is 1. The fraction of sp³-hybridized carbons (Fsp3) is 0.429. The van der Waals surface area contributed by atoms with Gasteiger partial charge in [0.1, 0.15) is 5.82 Å². The molecule has 7 nitrogen and oxygen atoms in total. The predicted octanol–water partition coefficient (Wildman–Crippen LogP) is 4.85. The average molecular weight is 436 g/mol. The molecule has 0 spiro atoms. The second kappa shape index (κ2) is 8.91. The molecule has 2 aromatic rings. The van der Waals surface area contributed by atoms with Crippen molar-refractivity contribution in [2.24, 2.45) is 5.16 Å². The first-order chi connectivity index (χ1) is 14.6. The molecule has 1 saturated heterocycles. The van der Waals surface area contributed by atoms with Crippen LogP contribution in [0.3, 0.4) is 0 Å². The topological polar surface area (TPSA) is 87.9 Å². The van der Waals surface area contributed by atoms with E-state index in [0.29, 0.717) is 36.5 Å². The number of likely N-dealkylation sites (tertiary alicyclic amines) is 1. The van der Waals surface area contributed by atoms with Crippen molar-refractivity contribution in [3.63, 3.8) is 0 Å². The maximum absolute atomic E-state index is 12.9. The van der Waals surface area contributed by atoms with E-state index in [1.54, 1.807) is 20.0 Å². The zero-order valence-electron chi connectivity index (χ0n) is 17.3. The van der Waals surface area contributed by atoms with E-state index in [9.17, 15) is 23.1 Å². The van der Waals surface area contributed by atoms with Gasteiger partial charge < -0.3 is 14.8 Å². The molecule has 1 aliphatic heterocycles. The van der Waals surface area contributed by atoms with E-state index < -0.39 is 17.8 Å². The van der Waals surface area contributed by atoms with Crippen molar-refractivity contribution in [2.75, 3.05) is 6.54 Å². The Kier molecular flexibility index (Phi) is 6.47. The van der Waals surface area contributed by atoms with Crippen molar-refractivity contribution in [1.29, 1.82) is 0 Å². The normalized spacial score (nSPS) is 19.9. The maximum atomic E-state index is 12.9. The van der Waals surface area contributed by atoms with E-state index >= 15 is 0 Å². The summed E-state index contributed by atoms with van der Waals surface area (Å²) in [6.45, 7) is 5.67. The van der Waals surface area contributed by atoms with Gasteiger partial charge in [0.25, 0.3) is 0 Å². The highest BCUT2D eigenvalue weighted by Gasteiger charge is 2.32. The molecule has 1 aromatic heterocycles. The molecule has 0 bridgehead atoms. The van der Waals surface area contributed by atoms with Crippen molar-refractivity contribution in [3.05, 3.63) is 53.1 Å². The summed E-state index contributed by atoms with van der Waals surface area (Å²) in [4.78, 5) is 26.8. The Morgan fingerprint density at radius 2 is 2.10 bits per heavy atom. The van der Waals surface area contributed by atoms with Gasteiger partial charge in [-0.2, -0.15) is 13.2 Å². The molecule has 10 heteroatoms. The Hall–Kier alpha value is -3.17.